The zero-order valence-electron chi connectivity index (χ0n) is 38.9. The molecule has 0 saturated carbocycles. The first-order valence-corrected chi connectivity index (χ1v) is 24.4. The lowest BCUT2D eigenvalue weighted by atomic mass is 10.1. The molecule has 0 saturated heterocycles. The van der Waals surface area contributed by atoms with E-state index in [1.165, 1.54) is 68.4 Å². The Balaban J connectivity index is 1.28. The molecule has 16 nitrogen and oxygen atoms in total. The third-order valence-corrected chi connectivity index (χ3v) is 11.5. The van der Waals surface area contributed by atoms with E-state index in [1.807, 2.05) is 26.0 Å². The first kappa shape index (κ1) is 55.5. The highest BCUT2D eigenvalue weighted by atomic mass is 35.5. The largest absolute Gasteiger partial charge is 0.494 e. The molecule has 0 aliphatic carbocycles. The van der Waals surface area contributed by atoms with E-state index in [0.29, 0.717) is 66.3 Å². The van der Waals surface area contributed by atoms with E-state index in [1.54, 1.807) is 24.3 Å². The number of nitrogens with one attached hydrogen (secondary N) is 4. The second-order valence-corrected chi connectivity index (χ2v) is 17.3. The fourth-order valence-electron chi connectivity index (χ4n) is 6.77. The van der Waals surface area contributed by atoms with E-state index in [-0.39, 0.29) is 56.2 Å². The molecule has 2 atom stereocenters. The topological polar surface area (TPSA) is 218 Å². The molecule has 0 aliphatic rings. The number of amides is 4. The summed E-state index contributed by atoms with van der Waals surface area (Å²) in [6, 6.07) is 20.4. The van der Waals surface area contributed by atoms with Gasteiger partial charge in [-0.15, -0.1) is 34.8 Å². The third kappa shape index (κ3) is 15.8. The van der Waals surface area contributed by atoms with E-state index in [2.05, 4.69) is 41.7 Å². The van der Waals surface area contributed by atoms with Crippen LogP contribution in [0.2, 0.25) is 10.0 Å². The van der Waals surface area contributed by atoms with Crippen LogP contribution < -0.4 is 30.7 Å². The Bertz CT molecular complexity index is 2850. The predicted octanol–water partition coefficient (Wildman–Crippen LogP) is 12.0. The molecule has 5 rings (SSSR count). The van der Waals surface area contributed by atoms with Gasteiger partial charge in [-0.3, -0.25) is 28.8 Å². The highest BCUT2D eigenvalue weighted by molar-refractivity contribution is 6.35. The number of ketones is 2. The molecule has 0 aliphatic heterocycles. The number of alkyl halides is 3. The molecule has 5 aromatic rings. The lowest BCUT2D eigenvalue weighted by Crippen LogP contribution is -2.32. The van der Waals surface area contributed by atoms with Crippen LogP contribution in [0.1, 0.15) is 65.1 Å². The molecule has 4 N–H and O–H groups in total. The maximum Gasteiger partial charge on any atom is 0.258 e. The minimum absolute atomic E-state index is 0.0527. The second kappa shape index (κ2) is 27.2. The van der Waals surface area contributed by atoms with Crippen molar-refractivity contribution >= 4 is 127 Å². The molecular formula is C50H49Cl5N8O8. The summed E-state index contributed by atoms with van der Waals surface area (Å²) in [7, 11) is 0. The highest BCUT2D eigenvalue weighted by Gasteiger charge is 2.26. The molecule has 2 unspecified atom stereocenters. The Morgan fingerprint density at radius 2 is 0.944 bits per heavy atom. The van der Waals surface area contributed by atoms with Gasteiger partial charge in [-0.2, -0.15) is 20.5 Å². The van der Waals surface area contributed by atoms with Crippen LogP contribution >= 0.6 is 58.0 Å². The van der Waals surface area contributed by atoms with Gasteiger partial charge in [0.05, 0.1) is 45.8 Å². The second-order valence-electron chi connectivity index (χ2n) is 15.4. The quantitative estimate of drug-likeness (QED) is 0.0264. The van der Waals surface area contributed by atoms with Crippen molar-refractivity contribution in [1.82, 2.24) is 0 Å². The van der Waals surface area contributed by atoms with Crippen LogP contribution in [-0.2, 0) is 38.4 Å². The fraction of sp³-hybridized carbons (Fsp3) is 0.280. The molecule has 0 aromatic heterocycles. The average Bonchev–Trinajstić information content (AvgIpc) is 3.32. The number of aryl methyl sites for hydroxylation is 3. The van der Waals surface area contributed by atoms with Crippen LogP contribution in [0.4, 0.5) is 34.1 Å². The van der Waals surface area contributed by atoms with E-state index < -0.39 is 47.3 Å². The SMILES string of the molecule is CCOc1ccc(CCCl)c(NC(=O)c2cc(N=NC(C(C)=O)C(=O)Nc3ccc(NC(=O)C(N=Nc4ccc(Cl)c(C(=O)Nc5cc(OCC)ccc5CCCl)c4)C(C)=O)c(CCCl)c3)ccc2Cl)c1. The Labute approximate surface area is 435 Å². The third-order valence-electron chi connectivity index (χ3n) is 10.2. The lowest BCUT2D eigenvalue weighted by molar-refractivity contribution is -0.127. The minimum Gasteiger partial charge on any atom is -0.494 e. The van der Waals surface area contributed by atoms with Crippen molar-refractivity contribution in [2.24, 2.45) is 20.5 Å². The Morgan fingerprint density at radius 3 is 1.37 bits per heavy atom. The highest BCUT2D eigenvalue weighted by Crippen LogP contribution is 2.31. The van der Waals surface area contributed by atoms with Crippen molar-refractivity contribution < 1.29 is 38.2 Å². The molecule has 4 amide bonds. The fourth-order valence-corrected chi connectivity index (χ4v) is 7.79. The maximum atomic E-state index is 13.6. The van der Waals surface area contributed by atoms with Crippen molar-refractivity contribution in [3.8, 4) is 11.5 Å². The number of halogens is 5. The smallest absolute Gasteiger partial charge is 0.258 e. The van der Waals surface area contributed by atoms with Gasteiger partial charge in [0.25, 0.3) is 23.6 Å². The van der Waals surface area contributed by atoms with E-state index in [0.717, 1.165) is 11.1 Å². The summed E-state index contributed by atoms with van der Waals surface area (Å²) in [4.78, 5) is 79.5. The van der Waals surface area contributed by atoms with Crippen molar-refractivity contribution in [2.75, 3.05) is 52.1 Å². The molecule has 0 radical (unpaired) electrons. The number of ether oxygens (including phenoxy) is 2. The molecule has 5 aromatic carbocycles. The van der Waals surface area contributed by atoms with Gasteiger partial charge in [-0.25, -0.2) is 0 Å². The molecular weight excluding hydrogens is 1020 g/mol. The number of carbonyl (C=O) groups excluding carboxylic acids is 6. The molecule has 0 heterocycles. The van der Waals surface area contributed by atoms with Crippen molar-refractivity contribution in [3.05, 3.63) is 129 Å². The lowest BCUT2D eigenvalue weighted by Gasteiger charge is -2.16. The number of benzene rings is 5. The zero-order chi connectivity index (χ0) is 51.6. The molecule has 0 fully saturated rings. The van der Waals surface area contributed by atoms with E-state index >= 15 is 0 Å². The summed E-state index contributed by atoms with van der Waals surface area (Å²) in [6.07, 6.45) is 1.17. The summed E-state index contributed by atoms with van der Waals surface area (Å²) in [6.45, 7) is 6.87. The van der Waals surface area contributed by atoms with Gasteiger partial charge in [0.15, 0.2) is 11.6 Å². The van der Waals surface area contributed by atoms with Gasteiger partial charge in [0.1, 0.15) is 11.5 Å². The molecule has 71 heavy (non-hydrogen) atoms. The van der Waals surface area contributed by atoms with Gasteiger partial charge in [0, 0.05) is 52.5 Å². The Morgan fingerprint density at radius 1 is 0.507 bits per heavy atom. The zero-order valence-corrected chi connectivity index (χ0v) is 42.7. The van der Waals surface area contributed by atoms with Crippen molar-refractivity contribution in [2.45, 2.75) is 59.0 Å². The molecule has 21 heteroatoms. The number of Topliss-reactive ketones (excluding diaryl/α,β-unsaturated/α-hetero) is 2. The van der Waals surface area contributed by atoms with Gasteiger partial charge in [-0.05, 0) is 130 Å². The number of nitrogens with zero attached hydrogens (tertiary/aromatic N) is 4. The number of hydrogen-bond acceptors (Lipinski definition) is 12. The van der Waals surface area contributed by atoms with Crippen LogP contribution in [-0.4, -0.2) is 78.1 Å². The number of rotatable bonds is 24. The minimum atomic E-state index is -1.61. The molecule has 0 spiro atoms. The first-order valence-electron chi connectivity index (χ1n) is 22.1. The number of azo groups is 2. The van der Waals surface area contributed by atoms with Crippen LogP contribution in [0, 0.1) is 0 Å². The van der Waals surface area contributed by atoms with E-state index in [4.69, 9.17) is 67.5 Å². The Hall–Kier alpha value is -6.43. The summed E-state index contributed by atoms with van der Waals surface area (Å²) >= 11 is 31.0. The average molecular weight is 1070 g/mol. The van der Waals surface area contributed by atoms with Gasteiger partial charge in [0.2, 0.25) is 12.1 Å². The van der Waals surface area contributed by atoms with E-state index in [9.17, 15) is 28.8 Å². The molecule has 0 bridgehead atoms. The van der Waals surface area contributed by atoms with Gasteiger partial charge >= 0.3 is 0 Å². The molecule has 372 valence electrons. The van der Waals surface area contributed by atoms with Gasteiger partial charge in [-0.1, -0.05) is 35.3 Å². The van der Waals surface area contributed by atoms with Crippen molar-refractivity contribution in [1.29, 1.82) is 0 Å². The summed E-state index contributed by atoms with van der Waals surface area (Å²) in [5, 5.41) is 27.5. The number of hydrogen-bond donors (Lipinski definition) is 4. The van der Waals surface area contributed by atoms with Crippen LogP contribution in [0.3, 0.4) is 0 Å². The van der Waals surface area contributed by atoms with Crippen LogP contribution in [0.25, 0.3) is 0 Å². The Kier molecular flexibility index (Phi) is 21.3. The normalized spacial score (nSPS) is 12.0. The predicted molar refractivity (Wildman–Crippen MR) is 279 cm³/mol. The maximum absolute atomic E-state index is 13.6. The first-order chi connectivity index (χ1) is 34.1. The summed E-state index contributed by atoms with van der Waals surface area (Å²) in [5.74, 6) is -2.19. The number of anilines is 4. The standard InChI is InChI=1S/C50H49Cl5N8O8/c1-5-70-36-12-7-30(17-20-51)43(26-36)58-47(66)38-24-34(9-14-40(38)54)60-62-45(28(3)64)49(68)56-33-11-16-42(32(23-33)19-22-53)57-50(69)46(29(4)65)63-61-35-10-15-41(55)39(25-35)48(67)59-44-27-37(71-6-2)13-8-31(44)18-21-52/h7-16,23-27,45-46H,5-6,17-22H2,1-4H3,(H,56,68)(H,57,69)(H,58,66)(H,59,67). The van der Waals surface area contributed by atoms with Crippen molar-refractivity contribution in [3.63, 3.8) is 0 Å². The summed E-state index contributed by atoms with van der Waals surface area (Å²) in [5.41, 5.74) is 3.85. The number of carbonyl (C=O) groups is 6. The van der Waals surface area contributed by atoms with Gasteiger partial charge < -0.3 is 30.7 Å². The monoisotopic (exact) mass is 1060 g/mol. The van der Waals surface area contributed by atoms with Crippen LogP contribution in [0.15, 0.2) is 111 Å². The summed E-state index contributed by atoms with van der Waals surface area (Å²) < 4.78 is 11.2. The van der Waals surface area contributed by atoms with Crippen LogP contribution in [0.5, 0.6) is 11.5 Å².